The number of carboxylic acid groups (broad SMARTS) is 1. The fourth-order valence-electron chi connectivity index (χ4n) is 1.14. The lowest BCUT2D eigenvalue weighted by atomic mass is 10.1. The van der Waals surface area contributed by atoms with Crippen molar-refractivity contribution in [2.75, 3.05) is 6.61 Å². The van der Waals surface area contributed by atoms with E-state index in [0.29, 0.717) is 12.0 Å². The van der Waals surface area contributed by atoms with E-state index in [1.54, 1.807) is 12.1 Å². The lowest BCUT2D eigenvalue weighted by molar-refractivity contribution is -0.140. The molecule has 0 radical (unpaired) electrons. The van der Waals surface area contributed by atoms with Gasteiger partial charge in [0.15, 0.2) is 0 Å². The van der Waals surface area contributed by atoms with Crippen molar-refractivity contribution in [3.8, 4) is 11.8 Å². The molecular formula is C13H12O4. The number of carbonyl (C=O) groups excluding carboxylic acids is 1. The molecule has 0 heterocycles. The average molecular weight is 232 g/mol. The Morgan fingerprint density at radius 2 is 2.18 bits per heavy atom. The molecule has 0 aliphatic carbocycles. The topological polar surface area (TPSA) is 63.6 Å². The molecule has 1 N–H and O–H groups in total. The van der Waals surface area contributed by atoms with Gasteiger partial charge < -0.3 is 9.84 Å². The molecule has 17 heavy (non-hydrogen) atoms. The first kappa shape index (κ1) is 12.8. The summed E-state index contributed by atoms with van der Waals surface area (Å²) in [6, 6.07) is 6.37. The summed E-state index contributed by atoms with van der Waals surface area (Å²) in [5.41, 5.74) is 0.838. The van der Waals surface area contributed by atoms with E-state index in [4.69, 9.17) is 9.84 Å². The molecule has 0 aliphatic rings. The van der Waals surface area contributed by atoms with Crippen molar-refractivity contribution >= 4 is 11.9 Å². The predicted octanol–water partition coefficient (Wildman–Crippen LogP) is 1.69. The van der Waals surface area contributed by atoms with Gasteiger partial charge in [-0.1, -0.05) is 17.9 Å². The number of benzene rings is 1. The Morgan fingerprint density at radius 3 is 2.82 bits per heavy atom. The van der Waals surface area contributed by atoms with Gasteiger partial charge in [0.25, 0.3) is 0 Å². The Labute approximate surface area is 99.2 Å². The first-order valence-corrected chi connectivity index (χ1v) is 5.05. The van der Waals surface area contributed by atoms with Crippen molar-refractivity contribution in [1.82, 2.24) is 0 Å². The van der Waals surface area contributed by atoms with Crippen molar-refractivity contribution in [2.24, 2.45) is 0 Å². The zero-order valence-electron chi connectivity index (χ0n) is 9.40. The fraction of sp³-hybridized carbons (Fsp3) is 0.231. The molecule has 0 spiro atoms. The van der Waals surface area contributed by atoms with E-state index in [2.05, 4.69) is 11.8 Å². The van der Waals surface area contributed by atoms with Crippen molar-refractivity contribution in [2.45, 2.75) is 13.3 Å². The van der Waals surface area contributed by atoms with Crippen LogP contribution in [0.25, 0.3) is 0 Å². The number of aromatic carboxylic acids is 1. The van der Waals surface area contributed by atoms with Gasteiger partial charge in [-0.15, -0.1) is 0 Å². The summed E-state index contributed by atoms with van der Waals surface area (Å²) < 4.78 is 4.71. The lowest BCUT2D eigenvalue weighted by Crippen LogP contribution is -1.99. The Hall–Kier alpha value is -2.28. The molecule has 0 saturated heterocycles. The normalized spacial score (nSPS) is 9.00. The zero-order chi connectivity index (χ0) is 12.7. The molecule has 88 valence electrons. The first-order valence-electron chi connectivity index (χ1n) is 5.05. The van der Waals surface area contributed by atoms with Gasteiger partial charge in [-0.25, -0.2) is 4.79 Å². The second kappa shape index (κ2) is 6.33. The molecule has 4 heteroatoms. The van der Waals surface area contributed by atoms with Crippen LogP contribution in [-0.4, -0.2) is 23.7 Å². The standard InChI is InChI=1S/C13H12O4/c1-10(14)17-8-3-2-5-11-6-4-7-12(9-11)13(15)16/h4,6-7,9H,3,8H2,1H3,(H,15,16). The maximum absolute atomic E-state index is 10.7. The number of carboxylic acids is 1. The van der Waals surface area contributed by atoms with Crippen molar-refractivity contribution in [3.05, 3.63) is 35.4 Å². The van der Waals surface area contributed by atoms with Crippen LogP contribution in [0.5, 0.6) is 0 Å². The average Bonchev–Trinajstić information content (AvgIpc) is 2.28. The number of ether oxygens (including phenoxy) is 1. The third kappa shape index (κ3) is 4.85. The molecule has 1 aromatic rings. The molecule has 0 fully saturated rings. The molecule has 1 aromatic carbocycles. The Balaban J connectivity index is 2.56. The Bertz CT molecular complexity index is 480. The van der Waals surface area contributed by atoms with E-state index < -0.39 is 5.97 Å². The summed E-state index contributed by atoms with van der Waals surface area (Å²) in [4.78, 5) is 21.2. The van der Waals surface area contributed by atoms with E-state index in [0.717, 1.165) is 0 Å². The third-order valence-electron chi connectivity index (χ3n) is 1.87. The molecule has 0 bridgehead atoms. The molecule has 0 unspecified atom stereocenters. The second-order valence-corrected chi connectivity index (χ2v) is 3.28. The summed E-state index contributed by atoms with van der Waals surface area (Å²) in [7, 11) is 0. The van der Waals surface area contributed by atoms with Crippen molar-refractivity contribution < 1.29 is 19.4 Å². The summed E-state index contributed by atoms with van der Waals surface area (Å²) >= 11 is 0. The van der Waals surface area contributed by atoms with Crippen LogP contribution in [0, 0.1) is 11.8 Å². The van der Waals surface area contributed by atoms with Gasteiger partial charge in [-0.3, -0.25) is 4.79 Å². The fourth-order valence-corrected chi connectivity index (χ4v) is 1.14. The van der Waals surface area contributed by atoms with Gasteiger partial charge in [0.1, 0.15) is 6.61 Å². The number of carbonyl (C=O) groups is 2. The van der Waals surface area contributed by atoms with Crippen LogP contribution < -0.4 is 0 Å². The van der Waals surface area contributed by atoms with Crippen LogP contribution >= 0.6 is 0 Å². The second-order valence-electron chi connectivity index (χ2n) is 3.28. The van der Waals surface area contributed by atoms with E-state index in [1.165, 1.54) is 19.1 Å². The molecule has 0 aromatic heterocycles. The minimum atomic E-state index is -0.978. The maximum atomic E-state index is 10.7. The lowest BCUT2D eigenvalue weighted by Gasteiger charge is -1.96. The van der Waals surface area contributed by atoms with Crippen molar-refractivity contribution in [1.29, 1.82) is 0 Å². The highest BCUT2D eigenvalue weighted by molar-refractivity contribution is 5.87. The highest BCUT2D eigenvalue weighted by atomic mass is 16.5. The third-order valence-corrected chi connectivity index (χ3v) is 1.87. The summed E-state index contributed by atoms with van der Waals surface area (Å²) in [5.74, 6) is 4.30. The van der Waals surface area contributed by atoms with Crippen LogP contribution in [0.4, 0.5) is 0 Å². The molecule has 1 rings (SSSR count). The minimum Gasteiger partial charge on any atom is -0.478 e. The predicted molar refractivity (Wildman–Crippen MR) is 61.5 cm³/mol. The van der Waals surface area contributed by atoms with Gasteiger partial charge in [0.05, 0.1) is 5.56 Å². The van der Waals surface area contributed by atoms with Gasteiger partial charge in [-0.2, -0.15) is 0 Å². The molecule has 0 amide bonds. The number of hydrogen-bond donors (Lipinski definition) is 1. The quantitative estimate of drug-likeness (QED) is 0.489. The number of rotatable bonds is 3. The highest BCUT2D eigenvalue weighted by Gasteiger charge is 2.00. The zero-order valence-corrected chi connectivity index (χ0v) is 9.40. The molecular weight excluding hydrogens is 220 g/mol. The van der Waals surface area contributed by atoms with E-state index in [9.17, 15) is 9.59 Å². The molecule has 0 atom stereocenters. The van der Waals surface area contributed by atoms with E-state index >= 15 is 0 Å². The Morgan fingerprint density at radius 1 is 1.41 bits per heavy atom. The van der Waals surface area contributed by atoms with Gasteiger partial charge in [0, 0.05) is 18.9 Å². The van der Waals surface area contributed by atoms with E-state index in [-0.39, 0.29) is 18.1 Å². The number of esters is 1. The van der Waals surface area contributed by atoms with Crippen LogP contribution in [0.1, 0.15) is 29.3 Å². The molecule has 0 aliphatic heterocycles. The summed E-state index contributed by atoms with van der Waals surface area (Å²) in [5, 5.41) is 8.77. The monoisotopic (exact) mass is 232 g/mol. The first-order chi connectivity index (χ1) is 8.09. The smallest absolute Gasteiger partial charge is 0.335 e. The molecule has 4 nitrogen and oxygen atoms in total. The molecule has 0 saturated carbocycles. The number of hydrogen-bond acceptors (Lipinski definition) is 3. The van der Waals surface area contributed by atoms with Gasteiger partial charge >= 0.3 is 11.9 Å². The van der Waals surface area contributed by atoms with Gasteiger partial charge in [0.2, 0.25) is 0 Å². The largest absolute Gasteiger partial charge is 0.478 e. The van der Waals surface area contributed by atoms with Gasteiger partial charge in [-0.05, 0) is 18.2 Å². The summed E-state index contributed by atoms with van der Waals surface area (Å²) in [6.45, 7) is 1.59. The minimum absolute atomic E-state index is 0.205. The van der Waals surface area contributed by atoms with Crippen LogP contribution in [0.2, 0.25) is 0 Å². The Kier molecular flexibility index (Phi) is 4.77. The van der Waals surface area contributed by atoms with Crippen molar-refractivity contribution in [3.63, 3.8) is 0 Å². The van der Waals surface area contributed by atoms with Crippen LogP contribution in [0.15, 0.2) is 24.3 Å². The van der Waals surface area contributed by atoms with Crippen LogP contribution in [0.3, 0.4) is 0 Å². The van der Waals surface area contributed by atoms with E-state index in [1.807, 2.05) is 0 Å². The summed E-state index contributed by atoms with van der Waals surface area (Å²) in [6.07, 6.45) is 0.427. The van der Waals surface area contributed by atoms with Crippen LogP contribution in [-0.2, 0) is 9.53 Å². The maximum Gasteiger partial charge on any atom is 0.335 e. The highest BCUT2D eigenvalue weighted by Crippen LogP contribution is 2.03. The SMILES string of the molecule is CC(=O)OCCC#Cc1cccc(C(=O)O)c1.